The maximum absolute atomic E-state index is 12.5. The van der Waals surface area contributed by atoms with Gasteiger partial charge in [0.05, 0.1) is 27.4 Å². The molecular weight excluding hydrogens is 272 g/mol. The normalized spacial score (nSPS) is 9.67. The molecule has 6 heteroatoms. The Labute approximate surface area is 124 Å². The van der Waals surface area contributed by atoms with Crippen molar-refractivity contribution in [3.05, 3.63) is 17.7 Å². The minimum absolute atomic E-state index is 0.0450. The highest BCUT2D eigenvalue weighted by molar-refractivity contribution is 5.95. The molecule has 0 fully saturated rings. The molecule has 0 aliphatic heterocycles. The molecule has 0 atom stereocenters. The van der Waals surface area contributed by atoms with E-state index in [0.29, 0.717) is 29.4 Å². The highest BCUT2D eigenvalue weighted by Crippen LogP contribution is 2.38. The Hall–Kier alpha value is -2.42. The average molecular weight is 292 g/mol. The first-order chi connectivity index (χ1) is 10.1. The Balaban J connectivity index is 3.23. The van der Waals surface area contributed by atoms with Crippen LogP contribution in [0.1, 0.15) is 23.7 Å². The number of nitrogens with zero attached hydrogens (tertiary/aromatic N) is 2. The fraction of sp³-hybridized carbons (Fsp3) is 0.467. The fourth-order valence-corrected chi connectivity index (χ4v) is 1.99. The summed E-state index contributed by atoms with van der Waals surface area (Å²) in [4.78, 5) is 14.0. The van der Waals surface area contributed by atoms with Crippen LogP contribution in [0.15, 0.2) is 12.1 Å². The number of methoxy groups -OCH3 is 3. The van der Waals surface area contributed by atoms with Gasteiger partial charge in [-0.1, -0.05) is 6.92 Å². The molecule has 0 radical (unpaired) electrons. The maximum Gasteiger partial charge on any atom is 0.254 e. The van der Waals surface area contributed by atoms with Crippen LogP contribution in [-0.2, 0) is 0 Å². The molecular formula is C15H20N2O4. The van der Waals surface area contributed by atoms with Gasteiger partial charge < -0.3 is 19.1 Å². The molecule has 0 aliphatic rings. The summed E-state index contributed by atoms with van der Waals surface area (Å²) < 4.78 is 15.7. The van der Waals surface area contributed by atoms with Crippen molar-refractivity contribution >= 4 is 5.91 Å². The third kappa shape index (κ3) is 3.78. The van der Waals surface area contributed by atoms with Gasteiger partial charge in [-0.15, -0.1) is 0 Å². The van der Waals surface area contributed by atoms with Crippen molar-refractivity contribution in [3.8, 4) is 23.3 Å². The number of carbonyl (C=O) groups is 1. The van der Waals surface area contributed by atoms with E-state index in [1.165, 1.54) is 26.2 Å². The van der Waals surface area contributed by atoms with E-state index in [1.54, 1.807) is 12.1 Å². The van der Waals surface area contributed by atoms with Crippen LogP contribution in [0.25, 0.3) is 0 Å². The van der Waals surface area contributed by atoms with Crippen LogP contribution in [0.5, 0.6) is 17.2 Å². The molecule has 0 bridgehead atoms. The van der Waals surface area contributed by atoms with Gasteiger partial charge in [0.15, 0.2) is 11.5 Å². The number of ether oxygens (including phenoxy) is 3. The number of hydrogen-bond acceptors (Lipinski definition) is 5. The zero-order valence-corrected chi connectivity index (χ0v) is 12.8. The molecule has 0 aliphatic carbocycles. The van der Waals surface area contributed by atoms with E-state index in [1.807, 2.05) is 13.0 Å². The Kier molecular flexibility index (Phi) is 6.34. The quantitative estimate of drug-likeness (QED) is 0.720. The number of carbonyl (C=O) groups excluding carboxylic acids is 1. The molecule has 1 amide bonds. The van der Waals surface area contributed by atoms with Crippen LogP contribution < -0.4 is 14.2 Å². The van der Waals surface area contributed by atoms with Crippen LogP contribution >= 0.6 is 0 Å². The topological polar surface area (TPSA) is 71.8 Å². The molecule has 1 aromatic rings. The molecule has 6 nitrogen and oxygen atoms in total. The summed E-state index contributed by atoms with van der Waals surface area (Å²) in [6, 6.07) is 5.17. The first-order valence-corrected chi connectivity index (χ1v) is 6.59. The van der Waals surface area contributed by atoms with Gasteiger partial charge >= 0.3 is 0 Å². The SMILES string of the molecule is CCCN(CC#N)C(=O)c1cc(OC)c(OC)c(OC)c1. The Morgan fingerprint density at radius 2 is 1.76 bits per heavy atom. The average Bonchev–Trinajstić information content (AvgIpc) is 2.52. The van der Waals surface area contributed by atoms with Gasteiger partial charge in [0.25, 0.3) is 5.91 Å². The summed E-state index contributed by atoms with van der Waals surface area (Å²) >= 11 is 0. The lowest BCUT2D eigenvalue weighted by Crippen LogP contribution is -2.32. The first kappa shape index (κ1) is 16.6. The molecule has 114 valence electrons. The van der Waals surface area contributed by atoms with Crippen LogP contribution in [0.4, 0.5) is 0 Å². The van der Waals surface area contributed by atoms with Gasteiger partial charge in [0, 0.05) is 12.1 Å². The van der Waals surface area contributed by atoms with Gasteiger partial charge in [-0.25, -0.2) is 0 Å². The number of rotatable bonds is 7. The molecule has 0 heterocycles. The van der Waals surface area contributed by atoms with Gasteiger partial charge in [-0.2, -0.15) is 5.26 Å². The van der Waals surface area contributed by atoms with E-state index < -0.39 is 0 Å². The zero-order chi connectivity index (χ0) is 15.8. The lowest BCUT2D eigenvalue weighted by Gasteiger charge is -2.20. The van der Waals surface area contributed by atoms with Crippen LogP contribution in [0.3, 0.4) is 0 Å². The maximum atomic E-state index is 12.5. The largest absolute Gasteiger partial charge is 0.493 e. The van der Waals surface area contributed by atoms with E-state index in [-0.39, 0.29) is 12.5 Å². The van der Waals surface area contributed by atoms with Crippen molar-refractivity contribution in [2.24, 2.45) is 0 Å². The molecule has 0 saturated heterocycles. The van der Waals surface area contributed by atoms with Crippen LogP contribution in [0.2, 0.25) is 0 Å². The monoisotopic (exact) mass is 292 g/mol. The molecule has 0 saturated carbocycles. The summed E-state index contributed by atoms with van der Waals surface area (Å²) in [6.45, 7) is 2.51. The summed E-state index contributed by atoms with van der Waals surface area (Å²) in [5, 5.41) is 8.83. The predicted molar refractivity (Wildman–Crippen MR) is 77.9 cm³/mol. The summed E-state index contributed by atoms with van der Waals surface area (Å²) in [5.41, 5.74) is 0.396. The van der Waals surface area contributed by atoms with Crippen molar-refractivity contribution < 1.29 is 19.0 Å². The minimum Gasteiger partial charge on any atom is -0.493 e. The molecule has 1 aromatic carbocycles. The second-order valence-corrected chi connectivity index (χ2v) is 4.30. The van der Waals surface area contributed by atoms with Crippen molar-refractivity contribution in [2.75, 3.05) is 34.4 Å². The molecule has 0 aromatic heterocycles. The van der Waals surface area contributed by atoms with Crippen LogP contribution in [0, 0.1) is 11.3 Å². The standard InChI is InChI=1S/C15H20N2O4/c1-5-7-17(8-6-16)15(18)11-9-12(19-2)14(21-4)13(10-11)20-3/h9-10H,5,7-8H2,1-4H3. The second kappa shape index (κ2) is 8.00. The summed E-state index contributed by atoms with van der Waals surface area (Å²) in [5.74, 6) is 1.01. The van der Waals surface area contributed by atoms with Gasteiger partial charge in [0.2, 0.25) is 5.75 Å². The van der Waals surface area contributed by atoms with E-state index >= 15 is 0 Å². The van der Waals surface area contributed by atoms with E-state index in [9.17, 15) is 4.79 Å². The van der Waals surface area contributed by atoms with Crippen molar-refractivity contribution in [1.29, 1.82) is 5.26 Å². The number of hydrogen-bond donors (Lipinski definition) is 0. The summed E-state index contributed by atoms with van der Waals surface area (Å²) in [7, 11) is 4.48. The van der Waals surface area contributed by atoms with Crippen molar-refractivity contribution in [1.82, 2.24) is 4.90 Å². The Bertz CT molecular complexity index is 512. The van der Waals surface area contributed by atoms with Gasteiger partial charge in [-0.3, -0.25) is 4.79 Å². The van der Waals surface area contributed by atoms with Crippen molar-refractivity contribution in [3.63, 3.8) is 0 Å². The van der Waals surface area contributed by atoms with Crippen LogP contribution in [-0.4, -0.2) is 45.2 Å². The summed E-state index contributed by atoms with van der Waals surface area (Å²) in [6.07, 6.45) is 0.776. The van der Waals surface area contributed by atoms with Gasteiger partial charge in [-0.05, 0) is 18.6 Å². The lowest BCUT2D eigenvalue weighted by molar-refractivity contribution is 0.0775. The van der Waals surface area contributed by atoms with E-state index in [4.69, 9.17) is 19.5 Å². The van der Waals surface area contributed by atoms with E-state index in [2.05, 4.69) is 0 Å². The molecule has 1 rings (SSSR count). The van der Waals surface area contributed by atoms with Gasteiger partial charge in [0.1, 0.15) is 6.54 Å². The Morgan fingerprint density at radius 1 is 1.19 bits per heavy atom. The molecule has 0 unspecified atom stereocenters. The Morgan fingerprint density at radius 3 is 2.14 bits per heavy atom. The predicted octanol–water partition coefficient (Wildman–Crippen LogP) is 2.09. The zero-order valence-electron chi connectivity index (χ0n) is 12.8. The molecule has 0 N–H and O–H groups in total. The first-order valence-electron chi connectivity index (χ1n) is 6.59. The highest BCUT2D eigenvalue weighted by atomic mass is 16.5. The number of amides is 1. The minimum atomic E-state index is -0.238. The molecule has 0 spiro atoms. The fourth-order valence-electron chi connectivity index (χ4n) is 1.99. The third-order valence-electron chi connectivity index (χ3n) is 2.95. The number of benzene rings is 1. The van der Waals surface area contributed by atoms with Crippen molar-refractivity contribution in [2.45, 2.75) is 13.3 Å². The lowest BCUT2D eigenvalue weighted by atomic mass is 10.1. The smallest absolute Gasteiger partial charge is 0.254 e. The molecule has 21 heavy (non-hydrogen) atoms. The number of nitriles is 1. The second-order valence-electron chi connectivity index (χ2n) is 4.30. The van der Waals surface area contributed by atoms with E-state index in [0.717, 1.165) is 6.42 Å². The highest BCUT2D eigenvalue weighted by Gasteiger charge is 2.20. The third-order valence-corrected chi connectivity index (χ3v) is 2.95.